The van der Waals surface area contributed by atoms with Crippen molar-refractivity contribution >= 4 is 21.9 Å². The molecular formula is C10H24O2SSi. The predicted molar refractivity (Wildman–Crippen MR) is 67.3 cm³/mol. The van der Waals surface area contributed by atoms with Gasteiger partial charge in [0, 0.05) is 17.1 Å². The first kappa shape index (κ1) is 14.5. The predicted octanol–water partition coefficient (Wildman–Crippen LogP) is 2.69. The molecule has 0 fully saturated rings. The molecule has 86 valence electrons. The fraction of sp³-hybridized carbons (Fsp3) is 1.00. The molecule has 0 aliphatic carbocycles. The molecule has 2 nitrogen and oxygen atoms in total. The van der Waals surface area contributed by atoms with Gasteiger partial charge in [-0.25, -0.2) is 0 Å². The Labute approximate surface area is 95.6 Å². The number of rotatable bonds is 7. The molecule has 4 heteroatoms. The largest absolute Gasteiger partial charge is 0.393 e. The fourth-order valence-electron chi connectivity index (χ4n) is 1.18. The van der Waals surface area contributed by atoms with Crippen molar-refractivity contribution in [2.24, 2.45) is 0 Å². The van der Waals surface area contributed by atoms with E-state index in [1.54, 1.807) is 0 Å². The van der Waals surface area contributed by atoms with Crippen LogP contribution in [0.2, 0.25) is 0 Å². The van der Waals surface area contributed by atoms with Crippen LogP contribution in [0, 0.1) is 0 Å². The van der Waals surface area contributed by atoms with Gasteiger partial charge >= 0.3 is 9.28 Å². The Kier molecular flexibility index (Phi) is 8.01. The van der Waals surface area contributed by atoms with E-state index in [1.807, 2.05) is 0 Å². The molecule has 0 aromatic rings. The van der Waals surface area contributed by atoms with Gasteiger partial charge in [0.2, 0.25) is 0 Å². The molecule has 0 aromatic heterocycles. The van der Waals surface area contributed by atoms with E-state index in [-0.39, 0.29) is 12.2 Å². The zero-order valence-electron chi connectivity index (χ0n) is 9.99. The maximum atomic E-state index is 5.82. The van der Waals surface area contributed by atoms with E-state index in [0.717, 1.165) is 12.8 Å². The van der Waals surface area contributed by atoms with Gasteiger partial charge in [0.25, 0.3) is 0 Å². The van der Waals surface area contributed by atoms with E-state index in [9.17, 15) is 0 Å². The first-order valence-corrected chi connectivity index (χ1v) is 7.58. The minimum absolute atomic E-state index is 0.247. The van der Waals surface area contributed by atoms with Crippen molar-refractivity contribution in [3.63, 3.8) is 0 Å². The van der Waals surface area contributed by atoms with Crippen LogP contribution in [0.15, 0.2) is 0 Å². The topological polar surface area (TPSA) is 18.5 Å². The molecule has 0 radical (unpaired) electrons. The zero-order valence-corrected chi connectivity index (χ0v) is 12.0. The molecule has 0 bridgehead atoms. The molecule has 1 atom stereocenters. The van der Waals surface area contributed by atoms with Crippen molar-refractivity contribution in [1.82, 2.24) is 0 Å². The van der Waals surface area contributed by atoms with Gasteiger partial charge in [0.1, 0.15) is 0 Å². The third-order valence-electron chi connectivity index (χ3n) is 1.71. The Morgan fingerprint density at radius 3 is 1.79 bits per heavy atom. The maximum Gasteiger partial charge on any atom is 0.335 e. The summed E-state index contributed by atoms with van der Waals surface area (Å²) in [5.41, 5.74) is 0. The number of hydrogen-bond donors (Lipinski definition) is 1. The second kappa shape index (κ2) is 7.74. The van der Waals surface area contributed by atoms with Crippen LogP contribution in [-0.2, 0) is 8.85 Å². The van der Waals surface area contributed by atoms with Crippen molar-refractivity contribution in [2.45, 2.75) is 64.5 Å². The van der Waals surface area contributed by atoms with Crippen molar-refractivity contribution in [3.05, 3.63) is 0 Å². The summed E-state index contributed by atoms with van der Waals surface area (Å²) in [4.78, 5) is 0.310. The zero-order chi connectivity index (χ0) is 11.1. The molecule has 0 N–H and O–H groups in total. The Bertz CT molecular complexity index is 132. The van der Waals surface area contributed by atoms with Crippen LogP contribution in [0.5, 0.6) is 0 Å². The smallest absolute Gasteiger partial charge is 0.335 e. The SMILES string of the molecule is CCCC(S)[SiH](OC(C)C)OC(C)C. The molecule has 0 amide bonds. The van der Waals surface area contributed by atoms with Gasteiger partial charge < -0.3 is 8.85 Å². The molecule has 1 unspecified atom stereocenters. The van der Waals surface area contributed by atoms with Gasteiger partial charge in [-0.1, -0.05) is 13.3 Å². The molecule has 0 aliphatic rings. The number of thiol groups is 1. The average Bonchev–Trinajstić information content (AvgIpc) is 2.01. The van der Waals surface area contributed by atoms with Crippen LogP contribution in [0.25, 0.3) is 0 Å². The van der Waals surface area contributed by atoms with Gasteiger partial charge in [-0.2, -0.15) is 12.6 Å². The molecule has 0 saturated carbocycles. The molecule has 14 heavy (non-hydrogen) atoms. The first-order valence-electron chi connectivity index (χ1n) is 5.46. The lowest BCUT2D eigenvalue weighted by atomic mass is 10.4. The highest BCUT2D eigenvalue weighted by atomic mass is 32.1. The number of hydrogen-bond acceptors (Lipinski definition) is 3. The highest BCUT2D eigenvalue weighted by Gasteiger charge is 2.24. The van der Waals surface area contributed by atoms with E-state index < -0.39 is 9.28 Å². The summed E-state index contributed by atoms with van der Waals surface area (Å²) in [5.74, 6) is 0. The van der Waals surface area contributed by atoms with Crippen molar-refractivity contribution in [2.75, 3.05) is 0 Å². The highest BCUT2D eigenvalue weighted by Crippen LogP contribution is 2.14. The lowest BCUT2D eigenvalue weighted by Gasteiger charge is -2.25. The molecular weight excluding hydrogens is 212 g/mol. The molecule has 0 aromatic carbocycles. The van der Waals surface area contributed by atoms with Gasteiger partial charge in [0.05, 0.1) is 0 Å². The molecule has 0 heterocycles. The Hall–Kier alpha value is 0.487. The van der Waals surface area contributed by atoms with Gasteiger partial charge in [0.15, 0.2) is 0 Å². The van der Waals surface area contributed by atoms with Crippen LogP contribution in [0.1, 0.15) is 47.5 Å². The quantitative estimate of drug-likeness (QED) is 0.541. The fourth-order valence-corrected chi connectivity index (χ4v) is 3.97. The molecule has 0 rings (SSSR count). The minimum atomic E-state index is -1.60. The van der Waals surface area contributed by atoms with Crippen LogP contribution in [-0.4, -0.2) is 26.4 Å². The van der Waals surface area contributed by atoms with Crippen molar-refractivity contribution < 1.29 is 8.85 Å². The third-order valence-corrected chi connectivity index (χ3v) is 5.29. The second-order valence-electron chi connectivity index (χ2n) is 4.09. The lowest BCUT2D eigenvalue weighted by molar-refractivity contribution is 0.128. The summed E-state index contributed by atoms with van der Waals surface area (Å²) in [5, 5.41) is 0. The van der Waals surface area contributed by atoms with Crippen LogP contribution in [0.4, 0.5) is 0 Å². The Balaban J connectivity index is 4.08. The van der Waals surface area contributed by atoms with Gasteiger partial charge in [-0.15, -0.1) is 0 Å². The van der Waals surface area contributed by atoms with Crippen molar-refractivity contribution in [3.8, 4) is 0 Å². The van der Waals surface area contributed by atoms with E-state index >= 15 is 0 Å². The van der Waals surface area contributed by atoms with Crippen LogP contribution in [0.3, 0.4) is 0 Å². The Morgan fingerprint density at radius 1 is 1.07 bits per heavy atom. The second-order valence-corrected chi connectivity index (χ2v) is 7.40. The molecule has 0 spiro atoms. The Morgan fingerprint density at radius 2 is 1.50 bits per heavy atom. The van der Waals surface area contributed by atoms with E-state index in [0.29, 0.717) is 4.87 Å². The monoisotopic (exact) mass is 236 g/mol. The van der Waals surface area contributed by atoms with Gasteiger partial charge in [-0.3, -0.25) is 0 Å². The maximum absolute atomic E-state index is 5.82. The first-order chi connectivity index (χ1) is 6.47. The van der Waals surface area contributed by atoms with E-state index in [1.165, 1.54) is 0 Å². The minimum Gasteiger partial charge on any atom is -0.393 e. The van der Waals surface area contributed by atoms with Gasteiger partial charge in [-0.05, 0) is 34.1 Å². The average molecular weight is 236 g/mol. The molecule has 0 aliphatic heterocycles. The summed E-state index contributed by atoms with van der Waals surface area (Å²) in [7, 11) is -1.60. The summed E-state index contributed by atoms with van der Waals surface area (Å²) in [6, 6.07) is 0. The van der Waals surface area contributed by atoms with E-state index in [4.69, 9.17) is 8.85 Å². The molecule has 0 saturated heterocycles. The summed E-state index contributed by atoms with van der Waals surface area (Å²) >= 11 is 4.57. The van der Waals surface area contributed by atoms with E-state index in [2.05, 4.69) is 47.2 Å². The van der Waals surface area contributed by atoms with Crippen molar-refractivity contribution in [1.29, 1.82) is 0 Å². The van der Waals surface area contributed by atoms with Crippen LogP contribution < -0.4 is 0 Å². The highest BCUT2D eigenvalue weighted by molar-refractivity contribution is 7.82. The lowest BCUT2D eigenvalue weighted by Crippen LogP contribution is -2.38. The summed E-state index contributed by atoms with van der Waals surface area (Å²) in [6.07, 6.45) is 2.72. The standard InChI is InChI=1S/C10H24O2SSi/c1-6-7-10(13)14(11-8(2)3)12-9(4)5/h8-10,13-14H,6-7H2,1-5H3. The third kappa shape index (κ3) is 6.87. The summed E-state index contributed by atoms with van der Waals surface area (Å²) in [6.45, 7) is 10.4. The summed E-state index contributed by atoms with van der Waals surface area (Å²) < 4.78 is 11.6. The van der Waals surface area contributed by atoms with Crippen LogP contribution >= 0.6 is 12.6 Å². The normalized spacial score (nSPS) is 14.4.